The lowest BCUT2D eigenvalue weighted by atomic mass is 10.0. The largest absolute Gasteiger partial charge is 0.378 e. The van der Waals surface area contributed by atoms with Crippen LogP contribution in [-0.4, -0.2) is 50.2 Å². The molecule has 2 rings (SSSR count). The van der Waals surface area contributed by atoms with Crippen molar-refractivity contribution in [3.05, 3.63) is 35.9 Å². The van der Waals surface area contributed by atoms with Crippen molar-refractivity contribution in [2.75, 3.05) is 33.4 Å². The first-order chi connectivity index (χ1) is 10.8. The molecule has 1 aromatic rings. The van der Waals surface area contributed by atoms with Crippen LogP contribution in [0.4, 0.5) is 0 Å². The second kappa shape index (κ2) is 13.3. The lowest BCUT2D eigenvalue weighted by molar-refractivity contribution is -0.137. The van der Waals surface area contributed by atoms with Crippen LogP contribution in [0.2, 0.25) is 0 Å². The third-order valence-electron chi connectivity index (χ3n) is 3.25. The number of benzene rings is 1. The maximum absolute atomic E-state index is 12.3. The number of amides is 1. The summed E-state index contributed by atoms with van der Waals surface area (Å²) in [6.45, 7) is 10.7. The smallest absolute Gasteiger partial charge is 0.240 e. The molecule has 0 bridgehead atoms. The number of carbonyl (C=O) groups excluding carboxylic acids is 1. The Kier molecular flexibility index (Phi) is 12.4. The number of hydrogen-bond acceptors (Lipinski definition) is 3. The van der Waals surface area contributed by atoms with E-state index in [0.717, 1.165) is 6.42 Å². The van der Waals surface area contributed by atoms with Crippen molar-refractivity contribution in [1.82, 2.24) is 10.2 Å². The maximum Gasteiger partial charge on any atom is 0.240 e. The normalized spacial score (nSPS) is 14.9. The van der Waals surface area contributed by atoms with E-state index < -0.39 is 0 Å². The number of nitrogens with one attached hydrogen (secondary N) is 1. The van der Waals surface area contributed by atoms with Crippen molar-refractivity contribution < 1.29 is 9.53 Å². The number of morpholine rings is 1. The van der Waals surface area contributed by atoms with Crippen LogP contribution >= 0.6 is 0 Å². The van der Waals surface area contributed by atoms with Crippen molar-refractivity contribution in [3.63, 3.8) is 0 Å². The van der Waals surface area contributed by atoms with E-state index in [-0.39, 0.29) is 11.9 Å². The van der Waals surface area contributed by atoms with Crippen LogP contribution in [0.5, 0.6) is 0 Å². The summed E-state index contributed by atoms with van der Waals surface area (Å²) in [6, 6.07) is 9.95. The number of hydrogen-bond donors (Lipinski definition) is 1. The third kappa shape index (κ3) is 7.05. The quantitative estimate of drug-likeness (QED) is 0.930. The molecule has 1 heterocycles. The molecule has 1 fully saturated rings. The minimum Gasteiger partial charge on any atom is -0.378 e. The van der Waals surface area contributed by atoms with Gasteiger partial charge in [-0.1, -0.05) is 58.0 Å². The van der Waals surface area contributed by atoms with Gasteiger partial charge >= 0.3 is 0 Å². The Bertz CT molecular complexity index is 376. The Morgan fingerprint density at radius 1 is 1.14 bits per heavy atom. The first-order valence-electron chi connectivity index (χ1n) is 8.39. The van der Waals surface area contributed by atoms with E-state index >= 15 is 0 Å². The van der Waals surface area contributed by atoms with Gasteiger partial charge in [0.1, 0.15) is 0 Å². The first-order valence-corrected chi connectivity index (χ1v) is 8.39. The van der Waals surface area contributed by atoms with E-state index in [2.05, 4.69) is 17.4 Å². The molecule has 1 atom stereocenters. The number of nitrogens with zero attached hydrogens (tertiary/aromatic N) is 1. The molecule has 0 saturated carbocycles. The molecule has 22 heavy (non-hydrogen) atoms. The minimum absolute atomic E-state index is 0.148. The number of carbonyl (C=O) groups is 1. The zero-order chi connectivity index (χ0) is 16.8. The molecule has 1 aromatic carbocycles. The molecule has 1 aliphatic rings. The SMILES string of the molecule is CC.CC.CN[C@@H](Cc1ccccc1)C(=O)N1CCOCC1. The first kappa shape index (κ1) is 20.6. The molecule has 1 N–H and O–H groups in total. The highest BCUT2D eigenvalue weighted by molar-refractivity contribution is 5.82. The Morgan fingerprint density at radius 2 is 1.68 bits per heavy atom. The van der Waals surface area contributed by atoms with Crippen LogP contribution in [0.15, 0.2) is 30.3 Å². The van der Waals surface area contributed by atoms with Gasteiger partial charge in [0.25, 0.3) is 0 Å². The molecular weight excluding hydrogens is 276 g/mol. The zero-order valence-corrected chi connectivity index (χ0v) is 14.8. The van der Waals surface area contributed by atoms with Crippen LogP contribution in [0.25, 0.3) is 0 Å². The monoisotopic (exact) mass is 308 g/mol. The van der Waals surface area contributed by atoms with Gasteiger partial charge < -0.3 is 15.0 Å². The molecule has 126 valence electrons. The molecule has 4 heteroatoms. The summed E-state index contributed by atoms with van der Waals surface area (Å²) in [4.78, 5) is 14.2. The van der Waals surface area contributed by atoms with E-state index in [1.54, 1.807) is 0 Å². The van der Waals surface area contributed by atoms with Gasteiger partial charge in [0.05, 0.1) is 19.3 Å². The van der Waals surface area contributed by atoms with Crippen molar-refractivity contribution in [3.8, 4) is 0 Å². The molecule has 1 saturated heterocycles. The summed E-state index contributed by atoms with van der Waals surface area (Å²) in [5.74, 6) is 0.171. The van der Waals surface area contributed by atoms with Crippen LogP contribution in [0.1, 0.15) is 33.3 Å². The van der Waals surface area contributed by atoms with Gasteiger partial charge in [-0.2, -0.15) is 0 Å². The molecule has 0 spiro atoms. The third-order valence-corrected chi connectivity index (χ3v) is 3.25. The second-order valence-corrected chi connectivity index (χ2v) is 4.47. The van der Waals surface area contributed by atoms with E-state index in [9.17, 15) is 4.79 Å². The van der Waals surface area contributed by atoms with Crippen LogP contribution in [-0.2, 0) is 16.0 Å². The molecule has 1 amide bonds. The summed E-state index contributed by atoms with van der Waals surface area (Å²) in [7, 11) is 1.84. The van der Waals surface area contributed by atoms with Gasteiger partial charge in [-0.25, -0.2) is 0 Å². The van der Waals surface area contributed by atoms with Crippen LogP contribution in [0, 0.1) is 0 Å². The molecule has 0 radical (unpaired) electrons. The standard InChI is InChI=1S/C14H20N2O2.2C2H6/c1-15-13(11-12-5-3-2-4-6-12)14(17)16-7-9-18-10-8-16;2*1-2/h2-6,13,15H,7-11H2,1H3;2*1-2H3/t13-;;/m0../s1. The highest BCUT2D eigenvalue weighted by Gasteiger charge is 2.24. The molecule has 0 unspecified atom stereocenters. The van der Waals surface area contributed by atoms with Gasteiger partial charge in [-0.3, -0.25) is 4.79 Å². The van der Waals surface area contributed by atoms with Crippen LogP contribution in [0.3, 0.4) is 0 Å². The fourth-order valence-corrected chi connectivity index (χ4v) is 2.17. The van der Waals surface area contributed by atoms with Crippen molar-refractivity contribution in [2.24, 2.45) is 0 Å². The topological polar surface area (TPSA) is 41.6 Å². The molecule has 0 aliphatic carbocycles. The lowest BCUT2D eigenvalue weighted by Gasteiger charge is -2.30. The van der Waals surface area contributed by atoms with E-state index in [1.807, 2.05) is 57.8 Å². The van der Waals surface area contributed by atoms with Gasteiger partial charge in [-0.15, -0.1) is 0 Å². The van der Waals surface area contributed by atoms with Gasteiger partial charge in [0.15, 0.2) is 0 Å². The molecule has 0 aromatic heterocycles. The molecule has 4 nitrogen and oxygen atoms in total. The Labute approximate surface area is 135 Å². The average Bonchev–Trinajstić information content (AvgIpc) is 2.64. The summed E-state index contributed by atoms with van der Waals surface area (Å²) in [5.41, 5.74) is 1.18. The second-order valence-electron chi connectivity index (χ2n) is 4.47. The fourth-order valence-electron chi connectivity index (χ4n) is 2.17. The molecular formula is C18H32N2O2. The number of likely N-dealkylation sites (N-methyl/N-ethyl adjacent to an activating group) is 1. The number of ether oxygens (including phenoxy) is 1. The van der Waals surface area contributed by atoms with E-state index in [4.69, 9.17) is 4.74 Å². The summed E-state index contributed by atoms with van der Waals surface area (Å²) >= 11 is 0. The average molecular weight is 308 g/mol. The molecule has 1 aliphatic heterocycles. The Morgan fingerprint density at radius 3 is 2.18 bits per heavy atom. The summed E-state index contributed by atoms with van der Waals surface area (Å²) in [6.07, 6.45) is 0.730. The highest BCUT2D eigenvalue weighted by Crippen LogP contribution is 2.07. The zero-order valence-electron chi connectivity index (χ0n) is 14.8. The van der Waals surface area contributed by atoms with E-state index in [1.165, 1.54) is 5.56 Å². The van der Waals surface area contributed by atoms with Crippen LogP contribution < -0.4 is 5.32 Å². The van der Waals surface area contributed by atoms with Gasteiger partial charge in [-0.05, 0) is 19.0 Å². The fraction of sp³-hybridized carbons (Fsp3) is 0.611. The Balaban J connectivity index is 0.00000102. The number of rotatable bonds is 4. The van der Waals surface area contributed by atoms with Crippen molar-refractivity contribution >= 4 is 5.91 Å². The maximum atomic E-state index is 12.3. The minimum atomic E-state index is -0.148. The van der Waals surface area contributed by atoms with Gasteiger partial charge in [0.2, 0.25) is 5.91 Å². The Hall–Kier alpha value is -1.39. The van der Waals surface area contributed by atoms with Crippen molar-refractivity contribution in [2.45, 2.75) is 40.2 Å². The van der Waals surface area contributed by atoms with E-state index in [0.29, 0.717) is 26.3 Å². The van der Waals surface area contributed by atoms with Gasteiger partial charge in [0, 0.05) is 13.1 Å². The predicted octanol–water partition coefficient (Wildman–Crippen LogP) is 2.73. The lowest BCUT2D eigenvalue weighted by Crippen LogP contribution is -2.50. The highest BCUT2D eigenvalue weighted by atomic mass is 16.5. The predicted molar refractivity (Wildman–Crippen MR) is 93.1 cm³/mol. The summed E-state index contributed by atoms with van der Waals surface area (Å²) < 4.78 is 5.27. The summed E-state index contributed by atoms with van der Waals surface area (Å²) in [5, 5.41) is 3.12. The van der Waals surface area contributed by atoms with Crippen molar-refractivity contribution in [1.29, 1.82) is 0 Å².